The topological polar surface area (TPSA) is 22.1 Å². The third-order valence-corrected chi connectivity index (χ3v) is 4.26. The van der Waals surface area contributed by atoms with Crippen molar-refractivity contribution in [3.63, 3.8) is 0 Å². The van der Waals surface area contributed by atoms with E-state index in [4.69, 9.17) is 16.3 Å². The molecule has 1 aromatic heterocycles. The molecule has 1 aliphatic rings. The van der Waals surface area contributed by atoms with Crippen molar-refractivity contribution >= 4 is 27.5 Å². The van der Waals surface area contributed by atoms with E-state index in [0.717, 1.165) is 30.0 Å². The highest BCUT2D eigenvalue weighted by atomic mass is 79.9. The Morgan fingerprint density at radius 2 is 2.50 bits per heavy atom. The van der Waals surface area contributed by atoms with Crippen LogP contribution in [0.4, 0.5) is 0 Å². The quantitative estimate of drug-likeness (QED) is 0.798. The summed E-state index contributed by atoms with van der Waals surface area (Å²) >= 11 is 9.80. The molecule has 3 atom stereocenters. The minimum atomic E-state index is 0.296. The largest absolute Gasteiger partial charge is 0.377 e. The molecule has 2 heterocycles. The van der Waals surface area contributed by atoms with E-state index in [2.05, 4.69) is 27.8 Å². The van der Waals surface area contributed by atoms with Crippen LogP contribution in [-0.4, -0.2) is 22.5 Å². The summed E-state index contributed by atoms with van der Waals surface area (Å²) < 4.78 is 5.73. The summed E-state index contributed by atoms with van der Waals surface area (Å²) in [7, 11) is 0. The van der Waals surface area contributed by atoms with Crippen LogP contribution in [0.25, 0.3) is 0 Å². The van der Waals surface area contributed by atoms with Crippen LogP contribution in [0.5, 0.6) is 0 Å². The van der Waals surface area contributed by atoms with Gasteiger partial charge in [-0.05, 0) is 30.4 Å². The standard InChI is InChI=1S/C12H15BrClNO/c1-8-3-5-16-12(8)10(13)6-9-2-4-15-7-11(9)14/h2,4,7-8,10,12H,3,5-6H2,1H3. The van der Waals surface area contributed by atoms with Crippen molar-refractivity contribution in [2.45, 2.75) is 30.7 Å². The van der Waals surface area contributed by atoms with Crippen LogP contribution in [-0.2, 0) is 11.2 Å². The Labute approximate surface area is 109 Å². The summed E-state index contributed by atoms with van der Waals surface area (Å²) in [4.78, 5) is 4.31. The van der Waals surface area contributed by atoms with Crippen molar-refractivity contribution in [3.05, 3.63) is 29.0 Å². The molecular weight excluding hydrogens is 289 g/mol. The molecule has 2 rings (SSSR count). The first-order valence-corrected chi connectivity index (χ1v) is 6.82. The molecule has 1 fully saturated rings. The maximum atomic E-state index is 6.09. The zero-order chi connectivity index (χ0) is 11.5. The lowest BCUT2D eigenvalue weighted by Crippen LogP contribution is -2.27. The van der Waals surface area contributed by atoms with Crippen molar-refractivity contribution in [3.8, 4) is 0 Å². The van der Waals surface area contributed by atoms with Gasteiger partial charge in [0.2, 0.25) is 0 Å². The highest BCUT2D eigenvalue weighted by Crippen LogP contribution is 2.30. The summed E-state index contributed by atoms with van der Waals surface area (Å²) in [6, 6.07) is 1.97. The van der Waals surface area contributed by atoms with Gasteiger partial charge in [0, 0.05) is 23.8 Å². The number of hydrogen-bond donors (Lipinski definition) is 0. The van der Waals surface area contributed by atoms with E-state index in [0.29, 0.717) is 16.8 Å². The number of rotatable bonds is 3. The number of hydrogen-bond acceptors (Lipinski definition) is 2. The number of aromatic nitrogens is 1. The fraction of sp³-hybridized carbons (Fsp3) is 0.583. The second kappa shape index (κ2) is 5.48. The zero-order valence-corrected chi connectivity index (χ0v) is 11.5. The molecule has 0 radical (unpaired) electrons. The van der Waals surface area contributed by atoms with E-state index in [-0.39, 0.29) is 0 Å². The Bertz CT molecular complexity index is 361. The Kier molecular flexibility index (Phi) is 4.22. The highest BCUT2D eigenvalue weighted by Gasteiger charge is 2.30. The average Bonchev–Trinajstić information content (AvgIpc) is 2.68. The Morgan fingerprint density at radius 1 is 1.69 bits per heavy atom. The molecule has 1 aliphatic heterocycles. The first-order chi connectivity index (χ1) is 7.68. The third kappa shape index (κ3) is 2.76. The van der Waals surface area contributed by atoms with Gasteiger partial charge in [0.1, 0.15) is 0 Å². The normalized spacial score (nSPS) is 26.9. The first-order valence-electron chi connectivity index (χ1n) is 5.52. The van der Waals surface area contributed by atoms with Gasteiger partial charge in [0.25, 0.3) is 0 Å². The number of ether oxygens (including phenoxy) is 1. The van der Waals surface area contributed by atoms with Gasteiger partial charge in [0.05, 0.1) is 11.1 Å². The fourth-order valence-electron chi connectivity index (χ4n) is 2.08. The van der Waals surface area contributed by atoms with Crippen LogP contribution in [0.3, 0.4) is 0 Å². The molecule has 2 nitrogen and oxygen atoms in total. The van der Waals surface area contributed by atoms with Crippen LogP contribution in [0.15, 0.2) is 18.5 Å². The molecule has 1 saturated heterocycles. The number of alkyl halides is 1. The second-order valence-electron chi connectivity index (χ2n) is 4.29. The van der Waals surface area contributed by atoms with E-state index in [1.54, 1.807) is 12.4 Å². The van der Waals surface area contributed by atoms with Crippen molar-refractivity contribution in [2.24, 2.45) is 5.92 Å². The van der Waals surface area contributed by atoms with Crippen molar-refractivity contribution in [2.75, 3.05) is 6.61 Å². The predicted octanol–water partition coefficient (Wildman–Crippen LogP) is 3.47. The Morgan fingerprint density at radius 3 is 3.12 bits per heavy atom. The van der Waals surface area contributed by atoms with Gasteiger partial charge in [0.15, 0.2) is 0 Å². The second-order valence-corrected chi connectivity index (χ2v) is 5.87. The maximum Gasteiger partial charge on any atom is 0.0729 e. The monoisotopic (exact) mass is 303 g/mol. The maximum absolute atomic E-state index is 6.09. The SMILES string of the molecule is CC1CCOC1C(Br)Cc1ccncc1Cl. The van der Waals surface area contributed by atoms with E-state index < -0.39 is 0 Å². The average molecular weight is 305 g/mol. The van der Waals surface area contributed by atoms with Crippen molar-refractivity contribution in [1.29, 1.82) is 0 Å². The summed E-state index contributed by atoms with van der Waals surface area (Å²) in [5.74, 6) is 0.616. The van der Waals surface area contributed by atoms with E-state index in [9.17, 15) is 0 Å². The molecular formula is C12H15BrClNO. The van der Waals surface area contributed by atoms with E-state index in [1.165, 1.54) is 0 Å². The molecule has 3 unspecified atom stereocenters. The lowest BCUT2D eigenvalue weighted by Gasteiger charge is -2.21. The molecule has 16 heavy (non-hydrogen) atoms. The number of pyridine rings is 1. The molecule has 0 bridgehead atoms. The number of nitrogens with zero attached hydrogens (tertiary/aromatic N) is 1. The summed E-state index contributed by atoms with van der Waals surface area (Å²) in [6.07, 6.45) is 5.80. The van der Waals surface area contributed by atoms with Crippen molar-refractivity contribution < 1.29 is 4.74 Å². The van der Waals surface area contributed by atoms with Crippen LogP contribution in [0, 0.1) is 5.92 Å². The molecule has 0 amide bonds. The summed E-state index contributed by atoms with van der Waals surface area (Å²) in [6.45, 7) is 3.11. The molecule has 0 aliphatic carbocycles. The minimum Gasteiger partial charge on any atom is -0.377 e. The summed E-state index contributed by atoms with van der Waals surface area (Å²) in [5.41, 5.74) is 1.13. The summed E-state index contributed by atoms with van der Waals surface area (Å²) in [5, 5.41) is 0.734. The van der Waals surface area contributed by atoms with Gasteiger partial charge in [-0.1, -0.05) is 34.5 Å². The highest BCUT2D eigenvalue weighted by molar-refractivity contribution is 9.09. The van der Waals surface area contributed by atoms with Gasteiger partial charge >= 0.3 is 0 Å². The molecule has 1 aromatic rings. The first kappa shape index (κ1) is 12.3. The van der Waals surface area contributed by atoms with Crippen molar-refractivity contribution in [1.82, 2.24) is 4.98 Å². The smallest absolute Gasteiger partial charge is 0.0729 e. The van der Waals surface area contributed by atoms with Crippen LogP contribution in [0.1, 0.15) is 18.9 Å². The van der Waals surface area contributed by atoms with Gasteiger partial charge < -0.3 is 4.74 Å². The molecule has 4 heteroatoms. The number of halogens is 2. The van der Waals surface area contributed by atoms with Crippen LogP contribution in [0.2, 0.25) is 5.02 Å². The molecule has 0 saturated carbocycles. The predicted molar refractivity (Wildman–Crippen MR) is 69.2 cm³/mol. The lowest BCUT2D eigenvalue weighted by atomic mass is 9.98. The molecule has 88 valence electrons. The van der Waals surface area contributed by atoms with Crippen LogP contribution >= 0.6 is 27.5 Å². The lowest BCUT2D eigenvalue weighted by molar-refractivity contribution is 0.0934. The molecule has 0 aromatic carbocycles. The van der Waals surface area contributed by atoms with E-state index in [1.807, 2.05) is 6.07 Å². The fourth-order valence-corrected chi connectivity index (χ4v) is 3.29. The molecule has 0 spiro atoms. The zero-order valence-electron chi connectivity index (χ0n) is 9.20. The Balaban J connectivity index is 2.02. The van der Waals surface area contributed by atoms with E-state index >= 15 is 0 Å². The Hall–Kier alpha value is -0.120. The van der Waals surface area contributed by atoms with Gasteiger partial charge in [-0.3, -0.25) is 4.98 Å². The third-order valence-electron chi connectivity index (χ3n) is 3.07. The van der Waals surface area contributed by atoms with Crippen LogP contribution < -0.4 is 0 Å². The van der Waals surface area contributed by atoms with Gasteiger partial charge in [-0.15, -0.1) is 0 Å². The van der Waals surface area contributed by atoms with Gasteiger partial charge in [-0.2, -0.15) is 0 Å². The molecule has 0 N–H and O–H groups in total. The van der Waals surface area contributed by atoms with Gasteiger partial charge in [-0.25, -0.2) is 0 Å². The minimum absolute atomic E-state index is 0.296.